The van der Waals surface area contributed by atoms with Crippen LogP contribution in [0.25, 0.3) is 22.6 Å². The molecule has 40 heavy (non-hydrogen) atoms. The number of nitrogens with one attached hydrogen (secondary N) is 2. The van der Waals surface area contributed by atoms with E-state index in [1.54, 1.807) is 0 Å². The van der Waals surface area contributed by atoms with E-state index in [9.17, 15) is 4.79 Å². The number of carbonyl (C=O) groups is 1. The predicted octanol–water partition coefficient (Wildman–Crippen LogP) is 9.16. The van der Waals surface area contributed by atoms with Crippen LogP contribution in [0.5, 0.6) is 0 Å². The van der Waals surface area contributed by atoms with E-state index in [-0.39, 0.29) is 17.9 Å². The molecule has 0 aliphatic rings. The van der Waals surface area contributed by atoms with Crippen molar-refractivity contribution in [3.63, 3.8) is 0 Å². The van der Waals surface area contributed by atoms with Crippen molar-refractivity contribution in [1.82, 2.24) is 9.55 Å². The Morgan fingerprint density at radius 1 is 0.675 bits per heavy atom. The molecule has 5 rings (SSSR count). The first-order valence-corrected chi connectivity index (χ1v) is 13.9. The van der Waals surface area contributed by atoms with Gasteiger partial charge in [-0.1, -0.05) is 137 Å². The topological polar surface area (TPSA) is 59.0 Å². The normalized spacial score (nSPS) is 11.2. The van der Waals surface area contributed by atoms with Crippen LogP contribution in [0.1, 0.15) is 56.2 Å². The monoisotopic (exact) mass is 528 g/mol. The predicted molar refractivity (Wildman–Crippen MR) is 166 cm³/mol. The Morgan fingerprint density at radius 3 is 1.75 bits per heavy atom. The highest BCUT2D eigenvalue weighted by molar-refractivity contribution is 6.02. The Balaban J connectivity index is 1.62. The van der Waals surface area contributed by atoms with Crippen molar-refractivity contribution in [2.75, 3.05) is 10.6 Å². The zero-order valence-corrected chi connectivity index (χ0v) is 23.6. The van der Waals surface area contributed by atoms with Crippen LogP contribution in [0.15, 0.2) is 109 Å². The number of amides is 2. The SMILES string of the molecule is CC(C)c1cccc(C(C)C)c1NC(=O)Nc1c(-c2ccccc2)nc(-c2ccccc2)n1Cc1ccccc1. The number of hydrogen-bond donors (Lipinski definition) is 2. The van der Waals surface area contributed by atoms with Crippen molar-refractivity contribution in [3.8, 4) is 22.6 Å². The lowest BCUT2D eigenvalue weighted by atomic mass is 9.93. The molecule has 0 fully saturated rings. The molecule has 5 aromatic rings. The lowest BCUT2D eigenvalue weighted by Gasteiger charge is -2.21. The van der Waals surface area contributed by atoms with Gasteiger partial charge < -0.3 is 9.88 Å². The summed E-state index contributed by atoms with van der Waals surface area (Å²) >= 11 is 0. The van der Waals surface area contributed by atoms with Gasteiger partial charge in [-0.2, -0.15) is 0 Å². The number of aromatic nitrogens is 2. The molecular weight excluding hydrogens is 492 g/mol. The largest absolute Gasteiger partial charge is 0.324 e. The number of carbonyl (C=O) groups excluding carboxylic acids is 1. The smallest absolute Gasteiger partial charge is 0.307 e. The van der Waals surface area contributed by atoms with E-state index in [1.807, 2.05) is 66.7 Å². The minimum Gasteiger partial charge on any atom is -0.307 e. The molecule has 0 radical (unpaired) electrons. The van der Waals surface area contributed by atoms with Crippen LogP contribution in [-0.2, 0) is 6.54 Å². The van der Waals surface area contributed by atoms with Crippen LogP contribution in [-0.4, -0.2) is 15.6 Å². The molecule has 5 nitrogen and oxygen atoms in total. The molecule has 1 heterocycles. The van der Waals surface area contributed by atoms with E-state index >= 15 is 0 Å². The number of hydrogen-bond acceptors (Lipinski definition) is 2. The van der Waals surface area contributed by atoms with E-state index in [1.165, 1.54) is 0 Å². The lowest BCUT2D eigenvalue weighted by Crippen LogP contribution is -2.24. The lowest BCUT2D eigenvalue weighted by molar-refractivity contribution is 0.262. The summed E-state index contributed by atoms with van der Waals surface area (Å²) in [5.74, 6) is 1.98. The summed E-state index contributed by atoms with van der Waals surface area (Å²) in [7, 11) is 0. The molecule has 0 spiro atoms. The van der Waals surface area contributed by atoms with Crippen molar-refractivity contribution >= 4 is 17.5 Å². The van der Waals surface area contributed by atoms with Crippen molar-refractivity contribution in [3.05, 3.63) is 126 Å². The number of anilines is 2. The molecule has 2 amide bonds. The van der Waals surface area contributed by atoms with Gasteiger partial charge in [0.25, 0.3) is 0 Å². The summed E-state index contributed by atoms with van der Waals surface area (Å²) in [6.07, 6.45) is 0. The highest BCUT2D eigenvalue weighted by atomic mass is 16.2. The molecule has 0 unspecified atom stereocenters. The van der Waals surface area contributed by atoms with Crippen LogP contribution in [0.2, 0.25) is 0 Å². The molecule has 4 aromatic carbocycles. The van der Waals surface area contributed by atoms with Gasteiger partial charge in [-0.05, 0) is 28.5 Å². The molecule has 5 heteroatoms. The van der Waals surface area contributed by atoms with Crippen LogP contribution >= 0.6 is 0 Å². The molecule has 0 aliphatic carbocycles. The highest BCUT2D eigenvalue weighted by Crippen LogP contribution is 2.36. The van der Waals surface area contributed by atoms with Crippen LogP contribution in [0.4, 0.5) is 16.3 Å². The molecule has 0 saturated heterocycles. The van der Waals surface area contributed by atoms with Crippen LogP contribution in [0, 0.1) is 0 Å². The van der Waals surface area contributed by atoms with Crippen LogP contribution in [0.3, 0.4) is 0 Å². The summed E-state index contributed by atoms with van der Waals surface area (Å²) in [5, 5.41) is 6.44. The van der Waals surface area contributed by atoms with Gasteiger partial charge in [0.1, 0.15) is 17.3 Å². The Hall–Kier alpha value is -4.64. The average molecular weight is 529 g/mol. The van der Waals surface area contributed by atoms with Gasteiger partial charge in [-0.25, -0.2) is 9.78 Å². The van der Waals surface area contributed by atoms with E-state index in [2.05, 4.69) is 85.4 Å². The first kappa shape index (κ1) is 26.9. The molecule has 0 aliphatic heterocycles. The fraction of sp³-hybridized carbons (Fsp3) is 0.200. The Kier molecular flexibility index (Phi) is 8.11. The molecule has 0 bridgehead atoms. The summed E-state index contributed by atoms with van der Waals surface area (Å²) in [6.45, 7) is 9.16. The average Bonchev–Trinajstić information content (AvgIpc) is 3.31. The van der Waals surface area contributed by atoms with Crippen LogP contribution < -0.4 is 10.6 Å². The number of imidazole rings is 1. The van der Waals surface area contributed by atoms with E-state index in [0.717, 1.165) is 45.0 Å². The van der Waals surface area contributed by atoms with E-state index in [4.69, 9.17) is 4.98 Å². The molecule has 1 aromatic heterocycles. The highest BCUT2D eigenvalue weighted by Gasteiger charge is 2.23. The van der Waals surface area contributed by atoms with Gasteiger partial charge in [0, 0.05) is 16.8 Å². The second-order valence-corrected chi connectivity index (χ2v) is 10.6. The third-order valence-electron chi connectivity index (χ3n) is 7.07. The zero-order valence-electron chi connectivity index (χ0n) is 23.6. The quantitative estimate of drug-likeness (QED) is 0.211. The van der Waals surface area contributed by atoms with Crippen molar-refractivity contribution in [2.45, 2.75) is 46.1 Å². The van der Waals surface area contributed by atoms with Crippen molar-refractivity contribution in [1.29, 1.82) is 0 Å². The van der Waals surface area contributed by atoms with Gasteiger partial charge in [0.2, 0.25) is 0 Å². The second-order valence-electron chi connectivity index (χ2n) is 10.6. The number of benzene rings is 4. The maximum Gasteiger partial charge on any atom is 0.324 e. The fourth-order valence-corrected chi connectivity index (χ4v) is 5.05. The van der Waals surface area contributed by atoms with Gasteiger partial charge in [-0.15, -0.1) is 0 Å². The summed E-state index contributed by atoms with van der Waals surface area (Å²) < 4.78 is 2.10. The fourth-order valence-electron chi connectivity index (χ4n) is 5.05. The summed E-state index contributed by atoms with van der Waals surface area (Å²) in [6, 6.07) is 36.4. The minimum atomic E-state index is -0.291. The molecule has 2 N–H and O–H groups in total. The van der Waals surface area contributed by atoms with Gasteiger partial charge >= 0.3 is 6.03 Å². The first-order chi connectivity index (χ1) is 19.4. The second kappa shape index (κ2) is 12.0. The molecule has 202 valence electrons. The van der Waals surface area contributed by atoms with Gasteiger partial charge in [0.15, 0.2) is 0 Å². The molecular formula is C35H36N4O. The Bertz CT molecular complexity index is 1550. The number of rotatable bonds is 8. The zero-order chi connectivity index (χ0) is 28.1. The van der Waals surface area contributed by atoms with Crippen molar-refractivity contribution < 1.29 is 4.79 Å². The maximum absolute atomic E-state index is 13.8. The summed E-state index contributed by atoms with van der Waals surface area (Å²) in [5.41, 5.74) is 6.88. The first-order valence-electron chi connectivity index (χ1n) is 13.9. The van der Waals surface area contributed by atoms with E-state index < -0.39 is 0 Å². The van der Waals surface area contributed by atoms with Gasteiger partial charge in [0.05, 0.1) is 6.54 Å². The number of nitrogens with zero attached hydrogens (tertiary/aromatic N) is 2. The maximum atomic E-state index is 13.8. The van der Waals surface area contributed by atoms with Gasteiger partial charge in [-0.3, -0.25) is 5.32 Å². The van der Waals surface area contributed by atoms with E-state index in [0.29, 0.717) is 12.4 Å². The Labute approximate surface area is 236 Å². The van der Waals surface area contributed by atoms with Crippen molar-refractivity contribution in [2.24, 2.45) is 0 Å². The molecule has 0 saturated carbocycles. The standard InChI is InChI=1S/C35H36N4O/c1-24(2)29-21-14-22-30(25(3)4)32(29)37-35(40)38-34-31(27-17-10-6-11-18-27)36-33(28-19-12-7-13-20-28)39(34)23-26-15-8-5-9-16-26/h5-22,24-25H,23H2,1-4H3,(H2,37,38,40). The third kappa shape index (κ3) is 5.84. The number of para-hydroxylation sites is 1. The summed E-state index contributed by atoms with van der Waals surface area (Å²) in [4.78, 5) is 18.9. The number of urea groups is 1. The minimum absolute atomic E-state index is 0.266. The molecule has 0 atom stereocenters. The Morgan fingerprint density at radius 2 is 1.20 bits per heavy atom. The third-order valence-corrected chi connectivity index (χ3v) is 7.07.